The number of aliphatic hydroxyl groups is 1. The molecule has 0 aromatic heterocycles. The molecule has 1 atom stereocenters. The van der Waals surface area contributed by atoms with Crippen LogP contribution in [0.15, 0.2) is 54.6 Å². The van der Waals surface area contributed by atoms with Gasteiger partial charge >= 0.3 is 0 Å². The zero-order valence-electron chi connectivity index (χ0n) is 11.5. The first kappa shape index (κ1) is 15.4. The smallest absolute Gasteiger partial charge is 0.260 e. The normalized spacial score (nSPS) is 17.9. The van der Waals surface area contributed by atoms with Crippen LogP contribution in [0.3, 0.4) is 0 Å². The summed E-state index contributed by atoms with van der Waals surface area (Å²) in [5, 5.41) is 10.6. The second-order valence-electron chi connectivity index (χ2n) is 4.89. The number of thiocarbonyl (C=S) groups is 1. The molecule has 1 saturated heterocycles. The fraction of sp³-hybridized carbons (Fsp3) is 0.125. The fourth-order valence-electron chi connectivity index (χ4n) is 2.37. The van der Waals surface area contributed by atoms with Gasteiger partial charge in [0.05, 0.1) is 6.54 Å². The Balaban J connectivity index is 1.87. The van der Waals surface area contributed by atoms with Gasteiger partial charge in [-0.2, -0.15) is 0 Å². The lowest BCUT2D eigenvalue weighted by Crippen LogP contribution is -2.37. The summed E-state index contributed by atoms with van der Waals surface area (Å²) in [7, 11) is 0. The summed E-state index contributed by atoms with van der Waals surface area (Å²) in [6.45, 7) is 0.165. The average molecular weight is 424 g/mol. The predicted molar refractivity (Wildman–Crippen MR) is 97.7 cm³/mol. The molecule has 4 nitrogen and oxygen atoms in total. The third-order valence-electron chi connectivity index (χ3n) is 3.45. The number of amides is 1. The summed E-state index contributed by atoms with van der Waals surface area (Å²) in [4.78, 5) is 15.6. The highest BCUT2D eigenvalue weighted by Gasteiger charge is 2.37. The lowest BCUT2D eigenvalue weighted by Gasteiger charge is -2.22. The van der Waals surface area contributed by atoms with Crippen molar-refractivity contribution in [2.75, 3.05) is 11.4 Å². The number of nitrogens with zero attached hydrogens (tertiary/aromatic N) is 2. The molecule has 1 aliphatic rings. The molecule has 0 saturated carbocycles. The van der Waals surface area contributed by atoms with E-state index in [1.807, 2.05) is 30.3 Å². The van der Waals surface area contributed by atoms with E-state index in [9.17, 15) is 9.90 Å². The Bertz CT molecular complexity index is 706. The number of halogens is 1. The van der Waals surface area contributed by atoms with Gasteiger partial charge < -0.3 is 5.11 Å². The summed E-state index contributed by atoms with van der Waals surface area (Å²) < 4.78 is 1.10. The van der Waals surface area contributed by atoms with Crippen molar-refractivity contribution in [2.45, 2.75) is 6.23 Å². The standard InChI is InChI=1S/C16H13IN2O2S/c17-12-6-8-13(9-7-12)19-14(20)10-18(16(19)22)15(21)11-4-2-1-3-5-11/h1-9,14,20H,10H2/t14-/m0/s1. The zero-order valence-corrected chi connectivity index (χ0v) is 14.5. The molecular weight excluding hydrogens is 411 g/mol. The van der Waals surface area contributed by atoms with Crippen LogP contribution in [0.1, 0.15) is 10.4 Å². The molecule has 0 radical (unpaired) electrons. The van der Waals surface area contributed by atoms with E-state index in [1.165, 1.54) is 4.90 Å². The van der Waals surface area contributed by atoms with Crippen LogP contribution in [-0.4, -0.2) is 33.8 Å². The SMILES string of the molecule is O=C(c1ccccc1)N1C[C@H](O)N(c2ccc(I)cc2)C1=S. The van der Waals surface area contributed by atoms with Gasteiger partial charge in [-0.15, -0.1) is 0 Å². The van der Waals surface area contributed by atoms with Crippen LogP contribution in [0.5, 0.6) is 0 Å². The van der Waals surface area contributed by atoms with Gasteiger partial charge in [0.25, 0.3) is 5.91 Å². The summed E-state index contributed by atoms with van der Waals surface area (Å²) in [5.41, 5.74) is 1.34. The number of hydrogen-bond acceptors (Lipinski definition) is 3. The van der Waals surface area contributed by atoms with Crippen LogP contribution in [-0.2, 0) is 0 Å². The Morgan fingerprint density at radius 3 is 2.41 bits per heavy atom. The Labute approximate surface area is 147 Å². The van der Waals surface area contributed by atoms with E-state index in [4.69, 9.17) is 12.2 Å². The fourth-order valence-corrected chi connectivity index (χ4v) is 3.12. The van der Waals surface area contributed by atoms with E-state index in [-0.39, 0.29) is 12.5 Å². The number of hydrogen-bond donors (Lipinski definition) is 1. The quantitative estimate of drug-likeness (QED) is 0.595. The van der Waals surface area contributed by atoms with Crippen LogP contribution >= 0.6 is 34.8 Å². The maximum Gasteiger partial charge on any atom is 0.260 e. The Hall–Kier alpha value is -1.51. The topological polar surface area (TPSA) is 43.8 Å². The summed E-state index contributed by atoms with van der Waals surface area (Å²) in [6, 6.07) is 16.6. The number of aliphatic hydroxyl groups excluding tert-OH is 1. The minimum Gasteiger partial charge on any atom is -0.371 e. The van der Waals surface area contributed by atoms with E-state index in [1.54, 1.807) is 29.2 Å². The van der Waals surface area contributed by atoms with Crippen molar-refractivity contribution >= 4 is 51.5 Å². The van der Waals surface area contributed by atoms with Crippen molar-refractivity contribution < 1.29 is 9.90 Å². The molecule has 1 N–H and O–H groups in total. The van der Waals surface area contributed by atoms with E-state index in [2.05, 4.69) is 22.6 Å². The van der Waals surface area contributed by atoms with Crippen LogP contribution in [0.4, 0.5) is 5.69 Å². The molecule has 6 heteroatoms. The average Bonchev–Trinajstić information content (AvgIpc) is 2.83. The molecule has 112 valence electrons. The van der Waals surface area contributed by atoms with Crippen molar-refractivity contribution in [3.8, 4) is 0 Å². The van der Waals surface area contributed by atoms with Crippen LogP contribution < -0.4 is 4.90 Å². The summed E-state index contributed by atoms with van der Waals surface area (Å²) in [6.07, 6.45) is -0.833. The third kappa shape index (κ3) is 2.86. The van der Waals surface area contributed by atoms with Crippen molar-refractivity contribution in [3.05, 3.63) is 63.7 Å². The maximum atomic E-state index is 12.5. The summed E-state index contributed by atoms with van der Waals surface area (Å²) >= 11 is 7.61. The molecule has 22 heavy (non-hydrogen) atoms. The number of carbonyl (C=O) groups is 1. The van der Waals surface area contributed by atoms with E-state index >= 15 is 0 Å². The molecule has 1 amide bonds. The second-order valence-corrected chi connectivity index (χ2v) is 6.50. The van der Waals surface area contributed by atoms with Gasteiger partial charge in [0.15, 0.2) is 11.3 Å². The minimum absolute atomic E-state index is 0.165. The minimum atomic E-state index is -0.833. The molecule has 1 heterocycles. The number of benzene rings is 2. The predicted octanol–water partition coefficient (Wildman–Crippen LogP) is 2.86. The highest BCUT2D eigenvalue weighted by molar-refractivity contribution is 14.1. The highest BCUT2D eigenvalue weighted by atomic mass is 127. The molecule has 0 aliphatic carbocycles. The van der Waals surface area contributed by atoms with Gasteiger partial charge in [0.2, 0.25) is 0 Å². The first-order valence-corrected chi connectivity index (χ1v) is 8.20. The van der Waals surface area contributed by atoms with Crippen LogP contribution in [0.25, 0.3) is 0 Å². The number of carbonyl (C=O) groups excluding carboxylic acids is 1. The van der Waals surface area contributed by atoms with Crippen molar-refractivity contribution in [1.82, 2.24) is 4.90 Å². The third-order valence-corrected chi connectivity index (χ3v) is 4.59. The van der Waals surface area contributed by atoms with Gasteiger partial charge in [-0.3, -0.25) is 14.6 Å². The molecular formula is C16H13IN2O2S. The molecule has 2 aromatic carbocycles. The first-order chi connectivity index (χ1) is 10.6. The van der Waals surface area contributed by atoms with Crippen LogP contribution in [0.2, 0.25) is 0 Å². The van der Waals surface area contributed by atoms with Gasteiger partial charge in [-0.25, -0.2) is 0 Å². The molecule has 1 fully saturated rings. The molecule has 1 aliphatic heterocycles. The van der Waals surface area contributed by atoms with Gasteiger partial charge in [-0.05, 0) is 71.2 Å². The molecule has 0 unspecified atom stereocenters. The molecule has 0 bridgehead atoms. The van der Waals surface area contributed by atoms with Crippen molar-refractivity contribution in [2.24, 2.45) is 0 Å². The maximum absolute atomic E-state index is 12.5. The highest BCUT2D eigenvalue weighted by Crippen LogP contribution is 2.26. The molecule has 2 aromatic rings. The number of β-amino-alcohol motifs (C(OH)–C–C–N with tert-alkyl or cyclic N) is 1. The van der Waals surface area contributed by atoms with Gasteiger partial charge in [0, 0.05) is 14.8 Å². The lowest BCUT2D eigenvalue weighted by molar-refractivity contribution is 0.0821. The Morgan fingerprint density at radius 2 is 1.77 bits per heavy atom. The van der Waals surface area contributed by atoms with Gasteiger partial charge in [0.1, 0.15) is 0 Å². The number of rotatable bonds is 2. The van der Waals surface area contributed by atoms with Crippen molar-refractivity contribution in [1.29, 1.82) is 0 Å². The first-order valence-electron chi connectivity index (χ1n) is 6.71. The van der Waals surface area contributed by atoms with E-state index in [0.29, 0.717) is 10.7 Å². The lowest BCUT2D eigenvalue weighted by atomic mass is 10.2. The monoisotopic (exact) mass is 424 g/mol. The largest absolute Gasteiger partial charge is 0.371 e. The summed E-state index contributed by atoms with van der Waals surface area (Å²) in [5.74, 6) is -0.197. The molecule has 0 spiro atoms. The Kier molecular flexibility index (Phi) is 4.42. The van der Waals surface area contributed by atoms with Crippen LogP contribution in [0, 0.1) is 3.57 Å². The van der Waals surface area contributed by atoms with E-state index in [0.717, 1.165) is 9.26 Å². The Morgan fingerprint density at radius 1 is 1.14 bits per heavy atom. The van der Waals surface area contributed by atoms with Crippen molar-refractivity contribution in [3.63, 3.8) is 0 Å². The van der Waals surface area contributed by atoms with Gasteiger partial charge in [-0.1, -0.05) is 18.2 Å². The number of anilines is 1. The zero-order chi connectivity index (χ0) is 15.7. The van der Waals surface area contributed by atoms with E-state index < -0.39 is 6.23 Å². The second kappa shape index (κ2) is 6.31. The molecule has 3 rings (SSSR count).